The molecule has 0 radical (unpaired) electrons. The molecule has 0 spiro atoms. The molecule has 6 heteroatoms. The van der Waals surface area contributed by atoms with Crippen LogP contribution in [0.25, 0.3) is 0 Å². The smallest absolute Gasteiger partial charge is 0.376 e. The Kier molecular flexibility index (Phi) is 1.34. The number of carbonyl (C=O) groups excluding carboxylic acids is 1. The molecule has 1 rings (SSSR count). The van der Waals surface area contributed by atoms with Crippen molar-refractivity contribution in [3.8, 4) is 0 Å². The Hall–Kier alpha value is -0.390. The molecule has 0 bridgehead atoms. The number of alkyl halides is 3. The summed E-state index contributed by atoms with van der Waals surface area (Å²) in [6.07, 6.45) is -2.78. The van der Waals surface area contributed by atoms with Crippen LogP contribution in [0.1, 0.15) is 0 Å². The number of hydrogen-bond donors (Lipinski definition) is 0. The van der Waals surface area contributed by atoms with Crippen molar-refractivity contribution in [3.05, 3.63) is 0 Å². The third-order valence-corrected chi connectivity index (χ3v) is 1.40. The summed E-state index contributed by atoms with van der Waals surface area (Å²) in [6.45, 7) is 0. The Balaban J connectivity index is 2.69. The molecule has 0 amide bonds. The van der Waals surface area contributed by atoms with Gasteiger partial charge in [-0.2, -0.15) is 13.2 Å². The molecule has 0 saturated carbocycles. The number of hydrogen-bond acceptors (Lipinski definition) is 3. The zero-order valence-corrected chi connectivity index (χ0v) is 4.75. The summed E-state index contributed by atoms with van der Waals surface area (Å²) in [4.78, 5) is 9.89. The van der Waals surface area contributed by atoms with Gasteiger partial charge in [0.2, 0.25) is 0 Å². The van der Waals surface area contributed by atoms with Gasteiger partial charge in [0.25, 0.3) is 0 Å². The molecule has 1 unspecified atom stereocenters. The largest absolute Gasteiger partial charge is 0.415 e. The predicted molar refractivity (Wildman–Crippen MR) is 23.9 cm³/mol. The van der Waals surface area contributed by atoms with Crippen molar-refractivity contribution in [2.24, 2.45) is 0 Å². The van der Waals surface area contributed by atoms with Crippen LogP contribution in [0, 0.1) is 0 Å². The van der Waals surface area contributed by atoms with Crippen LogP contribution >= 0.6 is 11.8 Å². The summed E-state index contributed by atoms with van der Waals surface area (Å²) >= 11 is -0.439. The van der Waals surface area contributed by atoms with Crippen molar-refractivity contribution >= 4 is 17.1 Å². The molecule has 1 saturated heterocycles. The molecule has 0 aromatic rings. The van der Waals surface area contributed by atoms with E-state index in [4.69, 9.17) is 0 Å². The molecular weight excluding hydrogens is 157 g/mol. The van der Waals surface area contributed by atoms with Crippen LogP contribution in [0.2, 0.25) is 0 Å². The van der Waals surface area contributed by atoms with Gasteiger partial charge in [-0.1, -0.05) is 0 Å². The van der Waals surface area contributed by atoms with E-state index in [1.54, 1.807) is 0 Å². The Morgan fingerprint density at radius 3 is 2.33 bits per heavy atom. The number of ether oxygens (including phenoxy) is 1. The number of thioether (sulfide) groups is 1. The molecule has 9 heavy (non-hydrogen) atoms. The minimum atomic E-state index is -3.70. The van der Waals surface area contributed by atoms with E-state index in [9.17, 15) is 18.0 Å². The second-order valence-corrected chi connectivity index (χ2v) is 2.43. The first-order chi connectivity index (χ1) is 4.02. The highest BCUT2D eigenvalue weighted by molar-refractivity contribution is 8.14. The minimum Gasteiger partial charge on any atom is -0.415 e. The van der Waals surface area contributed by atoms with Gasteiger partial charge in [0.05, 0.1) is 0 Å². The zero-order chi connectivity index (χ0) is 7.07. The lowest BCUT2D eigenvalue weighted by Gasteiger charge is -2.03. The monoisotopic (exact) mass is 158 g/mol. The van der Waals surface area contributed by atoms with Crippen LogP contribution in [0.4, 0.5) is 18.0 Å². The van der Waals surface area contributed by atoms with Crippen molar-refractivity contribution in [3.63, 3.8) is 0 Å². The van der Waals surface area contributed by atoms with Gasteiger partial charge in [0.1, 0.15) is 0 Å². The van der Waals surface area contributed by atoms with Gasteiger partial charge < -0.3 is 4.74 Å². The molecule has 52 valence electrons. The van der Waals surface area contributed by atoms with Gasteiger partial charge in [0.15, 0.2) is 0 Å². The summed E-state index contributed by atoms with van der Waals surface area (Å²) < 4.78 is 38.9. The van der Waals surface area contributed by atoms with Crippen molar-refractivity contribution < 1.29 is 22.7 Å². The van der Waals surface area contributed by atoms with Crippen LogP contribution in [0.3, 0.4) is 0 Å². The maximum atomic E-state index is 11.8. The lowest BCUT2D eigenvalue weighted by atomic mass is 10.7. The molecule has 0 aromatic heterocycles. The normalized spacial score (nSPS) is 32.3. The second-order valence-electron chi connectivity index (χ2n) is 1.35. The van der Waals surface area contributed by atoms with E-state index in [-0.39, 0.29) is 0 Å². The number of rotatable bonds is 0. The first-order valence-corrected chi connectivity index (χ1v) is 2.75. The van der Waals surface area contributed by atoms with Gasteiger partial charge in [-0.05, 0) is 0 Å². The van der Waals surface area contributed by atoms with Crippen LogP contribution in [-0.2, 0) is 4.74 Å². The first kappa shape index (κ1) is 6.73. The highest BCUT2D eigenvalue weighted by atomic mass is 32.2. The Morgan fingerprint density at radius 1 is 1.67 bits per heavy atom. The number of carbonyl (C=O) groups is 1. The number of cyclic esters (lactones) is 1. The standard InChI is InChI=1S/C3HF3O2S/c4-1-3(5,6)9-2(7)8-1/h1H. The molecule has 2 nitrogen and oxygen atoms in total. The molecule has 1 atom stereocenters. The zero-order valence-electron chi connectivity index (χ0n) is 3.94. The van der Waals surface area contributed by atoms with Crippen molar-refractivity contribution in [2.75, 3.05) is 0 Å². The molecule has 0 aliphatic carbocycles. The van der Waals surface area contributed by atoms with Crippen LogP contribution < -0.4 is 0 Å². The third-order valence-electron chi connectivity index (χ3n) is 0.683. The highest BCUT2D eigenvalue weighted by Crippen LogP contribution is 2.42. The van der Waals surface area contributed by atoms with Crippen LogP contribution in [0.15, 0.2) is 0 Å². The molecular formula is C3HF3O2S. The van der Waals surface area contributed by atoms with E-state index in [1.807, 2.05) is 0 Å². The number of halogens is 3. The maximum absolute atomic E-state index is 11.8. The molecule has 1 heterocycles. The molecule has 0 N–H and O–H groups in total. The fourth-order valence-corrected chi connectivity index (χ4v) is 0.830. The Bertz CT molecular complexity index is 148. The predicted octanol–water partition coefficient (Wildman–Crippen LogP) is 1.76. The summed E-state index contributed by atoms with van der Waals surface area (Å²) in [5.41, 5.74) is 0. The van der Waals surface area contributed by atoms with E-state index < -0.39 is 28.7 Å². The molecule has 1 aliphatic rings. The minimum absolute atomic E-state index is 0.439. The van der Waals surface area contributed by atoms with Crippen molar-refractivity contribution in [2.45, 2.75) is 11.6 Å². The van der Waals surface area contributed by atoms with E-state index in [0.29, 0.717) is 0 Å². The Labute approximate surface area is 52.4 Å². The first-order valence-electron chi connectivity index (χ1n) is 1.94. The van der Waals surface area contributed by atoms with Gasteiger partial charge in [-0.3, -0.25) is 0 Å². The average molecular weight is 158 g/mol. The summed E-state index contributed by atoms with van der Waals surface area (Å²) in [5, 5.41) is -4.97. The lowest BCUT2D eigenvalue weighted by molar-refractivity contribution is -0.0921. The quantitative estimate of drug-likeness (QED) is 0.502. The van der Waals surface area contributed by atoms with Crippen molar-refractivity contribution in [1.29, 1.82) is 0 Å². The summed E-state index contributed by atoms with van der Waals surface area (Å²) in [6, 6.07) is 0. The molecule has 1 fully saturated rings. The van der Waals surface area contributed by atoms with E-state index in [2.05, 4.69) is 4.74 Å². The van der Waals surface area contributed by atoms with Gasteiger partial charge >= 0.3 is 16.9 Å². The Morgan fingerprint density at radius 2 is 2.22 bits per heavy atom. The van der Waals surface area contributed by atoms with Gasteiger partial charge in [0, 0.05) is 11.8 Å². The fraction of sp³-hybridized carbons (Fsp3) is 0.667. The average Bonchev–Trinajstić information content (AvgIpc) is 1.79. The van der Waals surface area contributed by atoms with Crippen LogP contribution in [0.5, 0.6) is 0 Å². The summed E-state index contributed by atoms with van der Waals surface area (Å²) in [7, 11) is 0. The third kappa shape index (κ3) is 1.12. The topological polar surface area (TPSA) is 26.3 Å². The highest BCUT2D eigenvalue weighted by Gasteiger charge is 2.53. The lowest BCUT2D eigenvalue weighted by Crippen LogP contribution is -2.20. The van der Waals surface area contributed by atoms with Crippen LogP contribution in [-0.4, -0.2) is 16.9 Å². The van der Waals surface area contributed by atoms with E-state index in [1.165, 1.54) is 0 Å². The molecule has 1 aliphatic heterocycles. The van der Waals surface area contributed by atoms with Gasteiger partial charge in [-0.15, -0.1) is 0 Å². The molecule has 0 aromatic carbocycles. The second kappa shape index (κ2) is 1.80. The van der Waals surface area contributed by atoms with E-state index in [0.717, 1.165) is 0 Å². The summed E-state index contributed by atoms with van der Waals surface area (Å²) in [5.74, 6) is 0. The van der Waals surface area contributed by atoms with E-state index >= 15 is 0 Å². The maximum Gasteiger partial charge on any atom is 0.376 e. The fourth-order valence-electron chi connectivity index (χ4n) is 0.335. The van der Waals surface area contributed by atoms with Gasteiger partial charge in [-0.25, -0.2) is 4.79 Å². The van der Waals surface area contributed by atoms with Crippen molar-refractivity contribution in [1.82, 2.24) is 0 Å². The SMILES string of the molecule is O=C1OC(F)C(F)(F)S1.